The van der Waals surface area contributed by atoms with Crippen LogP contribution < -0.4 is 0 Å². The van der Waals surface area contributed by atoms with Crippen LogP contribution in [0.25, 0.3) is 109 Å². The summed E-state index contributed by atoms with van der Waals surface area (Å²) in [5, 5.41) is 40.6. The van der Waals surface area contributed by atoms with Crippen LogP contribution in [-0.4, -0.2) is 72.5 Å². The molecule has 0 heterocycles. The molecule has 0 saturated heterocycles. The molecule has 0 amide bonds. The molecule has 2 N–H and O–H groups in total. The van der Waals surface area contributed by atoms with Gasteiger partial charge in [-0.15, -0.1) is 0 Å². The minimum absolute atomic E-state index is 0.219. The van der Waals surface area contributed by atoms with Gasteiger partial charge in [0.1, 0.15) is 0 Å². The van der Waals surface area contributed by atoms with E-state index in [1.165, 1.54) is 110 Å². The van der Waals surface area contributed by atoms with Gasteiger partial charge in [-0.2, -0.15) is 0 Å². The zero-order valence-corrected chi connectivity index (χ0v) is 54.1. The van der Waals surface area contributed by atoms with Crippen molar-refractivity contribution in [1.82, 2.24) is 0 Å². The zero-order chi connectivity index (χ0) is 63.6. The van der Waals surface area contributed by atoms with E-state index in [1.54, 1.807) is 0 Å². The summed E-state index contributed by atoms with van der Waals surface area (Å²) < 4.78 is 25.4. The Balaban J connectivity index is 0.828. The maximum Gasteiger partial charge on any atom is 0.341 e. The molecule has 3 saturated carbocycles. The second-order valence-corrected chi connectivity index (χ2v) is 31.1. The Kier molecular flexibility index (Phi) is 11.3. The Morgan fingerprint density at radius 3 is 1.68 bits per heavy atom. The normalized spacial score (nSPS) is 25.5. The molecular formula is C82H78O12. The summed E-state index contributed by atoms with van der Waals surface area (Å²) in [6, 6.07) is 11.6. The molecule has 3 spiro atoms. The van der Waals surface area contributed by atoms with Gasteiger partial charge in [-0.1, -0.05) is 171 Å². The van der Waals surface area contributed by atoms with Crippen molar-refractivity contribution in [2.24, 2.45) is 22.2 Å². The van der Waals surface area contributed by atoms with Crippen molar-refractivity contribution in [2.45, 2.75) is 203 Å². The molecule has 478 valence electrons. The second-order valence-electron chi connectivity index (χ2n) is 31.1. The van der Waals surface area contributed by atoms with Gasteiger partial charge >= 0.3 is 35.8 Å². The van der Waals surface area contributed by atoms with Crippen LogP contribution in [0.15, 0.2) is 42.0 Å². The van der Waals surface area contributed by atoms with Crippen LogP contribution in [0.3, 0.4) is 0 Å². The molecular weight excluding hydrogens is 1180 g/mol. The third-order valence-electron chi connectivity index (χ3n) is 27.5. The van der Waals surface area contributed by atoms with E-state index in [2.05, 4.69) is 62.4 Å². The largest absolute Gasteiger partial charge is 0.479 e. The Hall–Kier alpha value is -7.86. The summed E-state index contributed by atoms with van der Waals surface area (Å²) in [4.78, 5) is 90.2. The van der Waals surface area contributed by atoms with Gasteiger partial charge < -0.3 is 29.2 Å². The number of carboxylic acid groups (broad SMARTS) is 2. The van der Waals surface area contributed by atoms with Crippen molar-refractivity contribution in [3.63, 3.8) is 0 Å². The van der Waals surface area contributed by atoms with Crippen molar-refractivity contribution in [1.29, 1.82) is 0 Å². The third-order valence-corrected chi connectivity index (χ3v) is 27.5. The predicted octanol–water partition coefficient (Wildman–Crippen LogP) is 17.5. The lowest BCUT2D eigenvalue weighted by Gasteiger charge is -2.64. The zero-order valence-electron chi connectivity index (χ0n) is 54.1. The molecule has 0 aliphatic heterocycles. The molecule has 20 rings (SSSR count). The van der Waals surface area contributed by atoms with Gasteiger partial charge in [-0.25, -0.2) is 9.59 Å². The fraction of sp³-hybridized carbons (Fsp3) is 0.488. The molecule has 12 nitrogen and oxygen atoms in total. The van der Waals surface area contributed by atoms with Crippen LogP contribution in [0.5, 0.6) is 0 Å². The molecule has 10 aliphatic carbocycles. The first-order valence-corrected chi connectivity index (χ1v) is 36.1. The molecule has 0 bridgehead atoms. The van der Waals surface area contributed by atoms with E-state index in [0.29, 0.717) is 38.5 Å². The van der Waals surface area contributed by atoms with E-state index < -0.39 is 93.4 Å². The van der Waals surface area contributed by atoms with Gasteiger partial charge in [0.25, 0.3) is 0 Å². The van der Waals surface area contributed by atoms with Gasteiger partial charge in [-0.3, -0.25) is 19.2 Å². The van der Waals surface area contributed by atoms with E-state index in [-0.39, 0.29) is 19.1 Å². The van der Waals surface area contributed by atoms with Crippen molar-refractivity contribution in [3.05, 3.63) is 92.1 Å². The average molecular weight is 1260 g/mol. The number of aryl methyl sites for hydroxylation is 1. The van der Waals surface area contributed by atoms with Crippen molar-refractivity contribution in [3.8, 4) is 0 Å². The predicted molar refractivity (Wildman–Crippen MR) is 363 cm³/mol. The van der Waals surface area contributed by atoms with Crippen LogP contribution in [0, 0.1) is 22.2 Å². The highest BCUT2D eigenvalue weighted by Gasteiger charge is 3.08. The number of ether oxygens (including phenoxy) is 4. The van der Waals surface area contributed by atoms with E-state index >= 15 is 19.2 Å². The van der Waals surface area contributed by atoms with Crippen LogP contribution in [0.1, 0.15) is 230 Å². The maximum atomic E-state index is 16.4. The molecule has 7 atom stereocenters. The molecule has 10 aliphatic rings. The number of carboxylic acids is 2. The Morgan fingerprint density at radius 1 is 0.521 bits per heavy atom. The number of carbonyl (C=O) groups is 6. The smallest absolute Gasteiger partial charge is 0.341 e. The van der Waals surface area contributed by atoms with Gasteiger partial charge in [0.2, 0.25) is 0 Å². The first-order valence-electron chi connectivity index (χ1n) is 36.1. The number of unbranched alkanes of at least 4 members (excludes halogenated alkanes) is 18. The fourth-order valence-electron chi connectivity index (χ4n) is 24.8. The second kappa shape index (κ2) is 18.8. The summed E-state index contributed by atoms with van der Waals surface area (Å²) in [6.45, 7) is 4.90. The fourth-order valence-corrected chi connectivity index (χ4v) is 24.8. The number of fused-ring (bicyclic) bond motifs is 1. The lowest BCUT2D eigenvalue weighted by atomic mass is 9.38. The van der Waals surface area contributed by atoms with E-state index in [4.69, 9.17) is 18.9 Å². The highest BCUT2D eigenvalue weighted by molar-refractivity contribution is 6.56. The molecule has 0 radical (unpaired) electrons. The van der Waals surface area contributed by atoms with Crippen LogP contribution in [-0.2, 0) is 70.4 Å². The maximum absolute atomic E-state index is 16.4. The molecule has 12 heteroatoms. The van der Waals surface area contributed by atoms with Crippen molar-refractivity contribution in [2.75, 3.05) is 26.4 Å². The lowest BCUT2D eigenvalue weighted by Crippen LogP contribution is -2.62. The van der Waals surface area contributed by atoms with E-state index in [1.807, 2.05) is 6.92 Å². The highest BCUT2D eigenvalue weighted by atomic mass is 16.6. The molecule has 10 aromatic rings. The van der Waals surface area contributed by atoms with Crippen molar-refractivity contribution < 1.29 is 57.9 Å². The summed E-state index contributed by atoms with van der Waals surface area (Å²) in [7, 11) is 0. The molecule has 10 aromatic carbocycles. The topological polar surface area (TPSA) is 180 Å². The number of benzene rings is 8. The quantitative estimate of drug-likeness (QED) is 0.0105. The van der Waals surface area contributed by atoms with Gasteiger partial charge in [-0.05, 0) is 211 Å². The van der Waals surface area contributed by atoms with Gasteiger partial charge in [0.05, 0.1) is 13.2 Å². The third kappa shape index (κ3) is 5.78. The SMILES string of the molecule is CCCCCCCCCCCCOC(=O)C(C)(C(=O)OCCCCCCCCCCCC)C12CCc3cc4cc5c6c7c8c9c%10c%11c%12c(cc%13ccc1c1c%14c%15c%16c(c3C%152)c4c6c8c%16c%10c%14c%12c%131)C=C1CC2CC7(C=C5)C23C(C(=O)OCC(=O)O)(C(=O)OCC(=O)O)C93C1%11. The number of rotatable bonds is 31. The number of allylic oxidation sites excluding steroid dienone is 2. The first-order chi connectivity index (χ1) is 45.8. The van der Waals surface area contributed by atoms with Crippen LogP contribution in [0.4, 0.5) is 0 Å². The highest BCUT2D eigenvalue weighted by Crippen LogP contribution is 3.03. The number of carbonyl (C=O) groups excluding carboxylic acids is 4. The van der Waals surface area contributed by atoms with E-state index in [9.17, 15) is 19.8 Å². The standard InChI is InChI=1S/C82H78O12/c1-4-6-8-10-12-14-16-18-20-22-30-91-73(87)77(3,74(88)92-31-23-21-19-17-15-13-11-9-7-5-2)79-29-27-42-34-43-33-41-26-28-78-37-46-36-45-35-44-32-40-24-25-47(79)55-50(40)56-52(44)65-67-63-60(56)59(55)66-62-58(54(42)71(66)79)51(43)57-53(41)70(78)68(64(57)61(62)63)72(67)80(69(45)65)81(82(46,78)80,75(89)93-38-48(83)84)76(90)94-39-49(85)86/h24-26,28,32-35,46,69,71H,4-23,27,29-31,36-39H2,1-3H3,(H,83,84)(H,85,86). The van der Waals surface area contributed by atoms with Crippen LogP contribution in [0.2, 0.25) is 0 Å². The van der Waals surface area contributed by atoms with Crippen LogP contribution >= 0.6 is 0 Å². The average Bonchev–Trinajstić information content (AvgIpc) is 1.36. The van der Waals surface area contributed by atoms with Crippen molar-refractivity contribution >= 4 is 145 Å². The van der Waals surface area contributed by atoms with E-state index in [0.717, 1.165) is 158 Å². The first kappa shape index (κ1) is 56.5. The monoisotopic (exact) mass is 1250 g/mol. The minimum atomic E-state index is -2.12. The number of hydrogen-bond donors (Lipinski definition) is 2. The number of aliphatic carboxylic acids is 2. The molecule has 3 fully saturated rings. The van der Waals surface area contributed by atoms with Gasteiger partial charge in [0.15, 0.2) is 24.0 Å². The summed E-state index contributed by atoms with van der Waals surface area (Å²) >= 11 is 0. The Bertz CT molecular complexity index is 5130. The molecule has 7 unspecified atom stereocenters. The Labute approximate surface area is 543 Å². The number of hydrogen-bond acceptors (Lipinski definition) is 10. The minimum Gasteiger partial charge on any atom is -0.479 e. The summed E-state index contributed by atoms with van der Waals surface area (Å²) in [5.74, 6) is -6.90. The number of esters is 4. The Morgan fingerprint density at radius 2 is 1.05 bits per heavy atom. The molecule has 0 aromatic heterocycles. The molecule has 94 heavy (non-hydrogen) atoms. The summed E-state index contributed by atoms with van der Waals surface area (Å²) in [6.07, 6.45) is 32.0. The lowest BCUT2D eigenvalue weighted by molar-refractivity contribution is -0.179. The summed E-state index contributed by atoms with van der Waals surface area (Å²) in [5.41, 5.74) is 2.42. The van der Waals surface area contributed by atoms with Gasteiger partial charge in [0, 0.05) is 33.5 Å².